The zero-order valence-electron chi connectivity index (χ0n) is 56.5. The molecule has 30 nitrogen and oxygen atoms in total. The lowest BCUT2D eigenvalue weighted by atomic mass is 9.91. The van der Waals surface area contributed by atoms with Crippen LogP contribution in [0.2, 0.25) is 0 Å². The molecule has 3 aliphatic rings. The largest absolute Gasteiger partial charge is 0.508 e. The first-order chi connectivity index (χ1) is 49.1. The maximum atomic E-state index is 15.2. The lowest BCUT2D eigenvalue weighted by Crippen LogP contribution is -2.63. The summed E-state index contributed by atoms with van der Waals surface area (Å²) < 4.78 is 29.4. The van der Waals surface area contributed by atoms with Crippen LogP contribution in [-0.4, -0.2) is 179 Å². The molecule has 3 aromatic heterocycles. The number of aliphatic carboxylic acids is 1. The van der Waals surface area contributed by atoms with Crippen LogP contribution in [-0.2, 0) is 89.6 Å². The van der Waals surface area contributed by atoms with Gasteiger partial charge in [0.15, 0.2) is 5.78 Å². The molecule has 0 unspecified atom stereocenters. The Labute approximate surface area is 588 Å². The van der Waals surface area contributed by atoms with E-state index >= 15 is 19.2 Å². The molecule has 0 radical (unpaired) electrons. The minimum atomic E-state index is -1.82. The van der Waals surface area contributed by atoms with Crippen molar-refractivity contribution in [2.75, 3.05) is 19.6 Å². The third kappa shape index (κ3) is 20.0. The number of benzene rings is 4. The smallest absolute Gasteiger partial charge is 0.304 e. The molecule has 103 heavy (non-hydrogen) atoms. The maximum absolute atomic E-state index is 15.2. The number of primary amides is 1. The molecule has 9 atom stereocenters. The number of aromatic hydroxyl groups is 1. The van der Waals surface area contributed by atoms with Crippen LogP contribution in [0.5, 0.6) is 5.75 Å². The van der Waals surface area contributed by atoms with Crippen molar-refractivity contribution in [1.82, 2.24) is 72.7 Å². The number of nitrogens with one attached hydrogen (secondary N) is 12. The van der Waals surface area contributed by atoms with E-state index in [-0.39, 0.29) is 80.6 Å². The molecule has 0 spiro atoms. The molecule has 3 aliphatic heterocycles. The van der Waals surface area contributed by atoms with Gasteiger partial charge in [-0.15, -0.1) is 0 Å². The Morgan fingerprint density at radius 1 is 0.670 bits per heavy atom. The van der Waals surface area contributed by atoms with Gasteiger partial charge in [0.25, 0.3) is 5.91 Å². The highest BCUT2D eigenvalue weighted by Gasteiger charge is 2.49. The number of fused-ring (bicyclic) bond motifs is 35. The lowest BCUT2D eigenvalue weighted by molar-refractivity contribution is -0.147. The van der Waals surface area contributed by atoms with E-state index < -0.39 is 174 Å². The van der Waals surface area contributed by atoms with Gasteiger partial charge in [-0.05, 0) is 129 Å². The van der Waals surface area contributed by atoms with Crippen molar-refractivity contribution in [3.8, 4) is 5.75 Å². The zero-order valence-corrected chi connectivity index (χ0v) is 56.5. The van der Waals surface area contributed by atoms with Crippen LogP contribution < -0.4 is 53.6 Å². The third-order valence-electron chi connectivity index (χ3n) is 18.3. The Hall–Kier alpha value is -11.9. The van der Waals surface area contributed by atoms with Gasteiger partial charge in [-0.2, -0.15) is 0 Å². The second-order valence-electron chi connectivity index (χ2n) is 26.0. The van der Waals surface area contributed by atoms with Crippen molar-refractivity contribution in [2.24, 2.45) is 11.7 Å². The maximum Gasteiger partial charge on any atom is 0.304 e. The van der Waals surface area contributed by atoms with Gasteiger partial charge < -0.3 is 83.6 Å². The molecule has 0 aliphatic carbocycles. The SMILES string of the molecule is CC(=O)N[C@H]1CCCCNC(=O)c2ccc(cc2)C[C@@H](C(N)=O)NC(=O)[C@]2(C)CCCN2C(=O)[C@H](Cc2ccc(O)cc2)NC(=O)[C@@H](Cc2cnc[nH]2)NC(=O)[C@H](CC(=O)O)CC(=O)[C@H](Cc2c[nH]c3cc(F)ccc23)NC(=O)[C@H](Cc2c[nH]c3ccc(F)cc23)NC(=O)CNC(=O)[C@H](C)NC1=O. The van der Waals surface area contributed by atoms with E-state index in [0.29, 0.717) is 45.0 Å². The van der Waals surface area contributed by atoms with Gasteiger partial charge in [0.05, 0.1) is 31.3 Å². The molecule has 1 fully saturated rings. The second kappa shape index (κ2) is 34.0. The monoisotopic (exact) mass is 1420 g/mol. The topological polar surface area (TPSA) is 460 Å². The number of imidazole rings is 1. The van der Waals surface area contributed by atoms with Gasteiger partial charge >= 0.3 is 5.97 Å². The van der Waals surface area contributed by atoms with Gasteiger partial charge in [0.1, 0.15) is 59.2 Å². The van der Waals surface area contributed by atoms with Gasteiger partial charge in [0.2, 0.25) is 59.1 Å². The fraction of sp³-hybridized carbons (Fsp3) is 0.380. The molecular weight excluding hydrogens is 1340 g/mol. The van der Waals surface area contributed by atoms with E-state index in [2.05, 4.69) is 67.8 Å². The Bertz CT molecular complexity index is 4340. The number of hydrogen-bond donors (Lipinski definition) is 15. The van der Waals surface area contributed by atoms with E-state index in [0.717, 1.165) is 6.07 Å². The van der Waals surface area contributed by atoms with E-state index in [4.69, 9.17) is 5.73 Å². The van der Waals surface area contributed by atoms with Crippen LogP contribution in [0.3, 0.4) is 0 Å². The standard InChI is InChI=1S/C71H81F2N15O15/c1-37-63(96)79-35-60(92)83-56(26-44-33-77-51-19-15-45(72)29-50(44)51)67(100)84-54(25-43-32-78-53-30-46(73)14-18-49(43)53)59(91)27-42(28-61(93)94)65(98)85-57(31-47-34-75-36-80-47)68(101)86-58(24-40-10-16-48(90)17-11-40)69(102)88-22-6-20-71(88,3)70(103)87-55(62(74)95)23-39-8-12-41(13-9-39)64(97)76-21-5-4-7-52(66(99)81-37)82-38(2)89/h8-19,29-30,32-34,36-37,42,52,54-58,77-78,90H,4-7,20-28,31,35H2,1-3H3,(H2,74,95)(H,75,80)(H,76,97)(H,79,96)(H,81,99)(H,82,89)(H,83,92)(H,84,100)(H,85,98)(H,86,101)(H,87,103)(H,93,94)/t37-,42-,52-,54-,55-,56-,57+,58-,71-/m0/s1. The number of rotatable bonds is 12. The molecule has 544 valence electrons. The van der Waals surface area contributed by atoms with Crippen LogP contribution in [0.25, 0.3) is 21.8 Å². The second-order valence-corrected chi connectivity index (χ2v) is 26.0. The number of amides is 11. The summed E-state index contributed by atoms with van der Waals surface area (Å²) in [5.74, 6) is -15.1. The quantitative estimate of drug-likeness (QED) is 0.0766. The number of carbonyl (C=O) groups is 13. The van der Waals surface area contributed by atoms with Gasteiger partial charge in [-0.3, -0.25) is 62.3 Å². The number of H-pyrrole nitrogens is 3. The average Bonchev–Trinajstić information content (AvgIpc) is 1.70. The summed E-state index contributed by atoms with van der Waals surface area (Å²) in [7, 11) is 0. The molecule has 4 aromatic carbocycles. The Balaban J connectivity index is 1.05. The Morgan fingerprint density at radius 2 is 1.33 bits per heavy atom. The molecule has 2 bridgehead atoms. The number of hydrogen-bond acceptors (Lipinski definition) is 15. The zero-order chi connectivity index (χ0) is 74.2. The molecule has 32 heteroatoms. The van der Waals surface area contributed by atoms with Crippen molar-refractivity contribution in [3.05, 3.63) is 155 Å². The number of phenolic OH excluding ortho intramolecular Hbond substituents is 1. The number of phenols is 1. The molecule has 7 aromatic rings. The summed E-state index contributed by atoms with van der Waals surface area (Å²) in [6, 6.07) is 8.91. The summed E-state index contributed by atoms with van der Waals surface area (Å²) >= 11 is 0. The number of aromatic nitrogens is 4. The molecule has 16 N–H and O–H groups in total. The number of nitrogens with two attached hydrogens (primary N) is 1. The van der Waals surface area contributed by atoms with Crippen molar-refractivity contribution in [2.45, 2.75) is 146 Å². The van der Waals surface area contributed by atoms with Crippen LogP contribution in [0.15, 0.2) is 110 Å². The van der Waals surface area contributed by atoms with Gasteiger partial charge in [0, 0.05) is 110 Å². The first-order valence-electron chi connectivity index (χ1n) is 33.5. The predicted molar refractivity (Wildman–Crippen MR) is 366 cm³/mol. The summed E-state index contributed by atoms with van der Waals surface area (Å²) in [5.41, 5.74) is 6.90. The van der Waals surface area contributed by atoms with Crippen LogP contribution in [0.4, 0.5) is 8.78 Å². The third-order valence-corrected chi connectivity index (χ3v) is 18.3. The average molecular weight is 1420 g/mol. The van der Waals surface area contributed by atoms with Crippen LogP contribution in [0.1, 0.15) is 104 Å². The molecule has 0 saturated carbocycles. The van der Waals surface area contributed by atoms with Crippen molar-refractivity contribution >= 4 is 98.5 Å². The van der Waals surface area contributed by atoms with Crippen LogP contribution >= 0.6 is 0 Å². The highest BCUT2D eigenvalue weighted by atomic mass is 19.1. The first kappa shape index (κ1) is 75.3. The Morgan fingerprint density at radius 3 is 2.02 bits per heavy atom. The number of halogens is 2. The van der Waals surface area contributed by atoms with Crippen LogP contribution in [0, 0.1) is 17.6 Å². The molecule has 1 saturated heterocycles. The number of carboxylic acids is 1. The van der Waals surface area contributed by atoms with E-state index in [1.807, 2.05) is 0 Å². The summed E-state index contributed by atoms with van der Waals surface area (Å²) in [6.45, 7) is 3.27. The van der Waals surface area contributed by atoms with Crippen molar-refractivity contribution in [1.29, 1.82) is 0 Å². The van der Waals surface area contributed by atoms with Gasteiger partial charge in [-0.1, -0.05) is 24.3 Å². The lowest BCUT2D eigenvalue weighted by Gasteiger charge is -2.37. The molecular formula is C71H81F2N15O15. The van der Waals surface area contributed by atoms with E-state index in [9.17, 15) is 62.1 Å². The fourth-order valence-electron chi connectivity index (χ4n) is 12.7. The predicted octanol–water partition coefficient (Wildman–Crippen LogP) is 1.25. The number of carboxylic acid groups (broad SMARTS) is 1. The minimum Gasteiger partial charge on any atom is -0.508 e. The number of aromatic amines is 3. The number of ketones is 1. The van der Waals surface area contributed by atoms with Crippen molar-refractivity contribution in [3.63, 3.8) is 0 Å². The van der Waals surface area contributed by atoms with E-state index in [1.165, 1.54) is 117 Å². The summed E-state index contributed by atoms with van der Waals surface area (Å²) in [6.07, 6.45) is 2.95. The van der Waals surface area contributed by atoms with Gasteiger partial charge in [-0.25, -0.2) is 13.8 Å². The van der Waals surface area contributed by atoms with Crippen molar-refractivity contribution < 1.29 is 81.3 Å². The minimum absolute atomic E-state index is 0.0245. The molecule has 6 heterocycles. The normalized spacial score (nSPS) is 23.3. The fourth-order valence-corrected chi connectivity index (χ4v) is 12.7. The highest BCUT2D eigenvalue weighted by molar-refractivity contribution is 6.01. The number of Topliss-reactive ketones (excluding diaryl/α,β-unsaturated/α-hetero) is 1. The number of carbonyl (C=O) groups excluding carboxylic acids is 12. The number of nitrogens with zero attached hydrogens (tertiary/aromatic N) is 2. The Kier molecular flexibility index (Phi) is 24.9. The highest BCUT2D eigenvalue weighted by Crippen LogP contribution is 2.32. The molecule has 11 amide bonds. The summed E-state index contributed by atoms with van der Waals surface area (Å²) in [5, 5.41) is 44.8. The first-order valence-corrected chi connectivity index (χ1v) is 33.5. The summed E-state index contributed by atoms with van der Waals surface area (Å²) in [4.78, 5) is 197. The molecule has 10 rings (SSSR count). The van der Waals surface area contributed by atoms with E-state index in [1.54, 1.807) is 12.1 Å².